The molecule has 2 heterocycles. The van der Waals surface area contributed by atoms with Gasteiger partial charge in [-0.15, -0.1) is 0 Å². The summed E-state index contributed by atoms with van der Waals surface area (Å²) in [5, 5.41) is 26.1. The maximum atomic E-state index is 12.4. The first-order chi connectivity index (χ1) is 13.4. The number of nitrogens with one attached hydrogen (secondary N) is 2. The highest BCUT2D eigenvalue weighted by atomic mass is 32.2. The number of carbonyl (C=O) groups is 4. The molecule has 1 unspecified atom stereocenters. The summed E-state index contributed by atoms with van der Waals surface area (Å²) < 4.78 is 5.24. The number of carboxylic acids is 2. The van der Waals surface area contributed by atoms with Crippen molar-refractivity contribution in [1.82, 2.24) is 10.2 Å². The first-order valence-corrected chi connectivity index (χ1v) is 10.4. The molecule has 3 amide bonds. The van der Waals surface area contributed by atoms with Crippen molar-refractivity contribution in [1.29, 1.82) is 0 Å². The standard InChI is InChI=1S/C18H25N3O7S/c1-6-29-12(15(24)25)9(2)11(14(22)23)13(29)20-16(26)19-10-7-21(8-10)17(27)28-18(3,4)5/h10H,6-8H2,1-5H3,(H3-,19,20,22,23,24,25,26). The van der Waals surface area contributed by atoms with Gasteiger partial charge < -0.3 is 30.0 Å². The van der Waals surface area contributed by atoms with Crippen LogP contribution < -0.4 is 15.7 Å². The minimum atomic E-state index is -1.45. The Balaban J connectivity index is 2.07. The Hall–Kier alpha value is -2.82. The van der Waals surface area contributed by atoms with Crippen LogP contribution >= 0.6 is 10.5 Å². The Kier molecular flexibility index (Phi) is 6.41. The minimum absolute atomic E-state index is 0.0533. The summed E-state index contributed by atoms with van der Waals surface area (Å²) in [7, 11) is -1.11. The molecule has 1 aliphatic heterocycles. The van der Waals surface area contributed by atoms with Gasteiger partial charge in [-0.25, -0.2) is 14.4 Å². The maximum absolute atomic E-state index is 12.4. The van der Waals surface area contributed by atoms with Gasteiger partial charge in [0, 0.05) is 29.1 Å². The molecule has 3 N–H and O–H groups in total. The fourth-order valence-corrected chi connectivity index (χ4v) is 5.14. The number of thiophene rings is 1. The van der Waals surface area contributed by atoms with Crippen LogP contribution in [-0.4, -0.2) is 58.8 Å². The molecule has 0 spiro atoms. The number of nitrogens with zero attached hydrogens (tertiary/aromatic N) is 1. The first-order valence-electron chi connectivity index (χ1n) is 9.02. The molecule has 0 bridgehead atoms. The Morgan fingerprint density at radius 2 is 1.86 bits per heavy atom. The summed E-state index contributed by atoms with van der Waals surface area (Å²) in [5.74, 6) is -2.46. The lowest BCUT2D eigenvalue weighted by molar-refractivity contribution is -0.254. The van der Waals surface area contributed by atoms with Gasteiger partial charge in [0.25, 0.3) is 5.00 Å². The molecule has 0 saturated carbocycles. The molecule has 1 atom stereocenters. The molecule has 1 saturated heterocycles. The largest absolute Gasteiger partial charge is 0.540 e. The van der Waals surface area contributed by atoms with E-state index in [4.69, 9.17) is 4.74 Å². The van der Waals surface area contributed by atoms with Gasteiger partial charge in [-0.2, -0.15) is 0 Å². The number of anilines is 1. The number of amides is 3. The number of carbonyl (C=O) groups excluding carboxylic acids is 3. The zero-order valence-corrected chi connectivity index (χ0v) is 17.8. The normalized spacial score (nSPS) is 14.8. The molecule has 1 fully saturated rings. The average molecular weight is 427 g/mol. The van der Waals surface area contributed by atoms with Gasteiger partial charge in [-0.05, 0) is 34.6 Å². The highest BCUT2D eigenvalue weighted by Gasteiger charge is 2.37. The number of urea groups is 1. The second-order valence-electron chi connectivity index (χ2n) is 7.61. The van der Waals surface area contributed by atoms with E-state index in [1.54, 1.807) is 27.7 Å². The lowest BCUT2D eigenvalue weighted by Crippen LogP contribution is -2.62. The zero-order valence-electron chi connectivity index (χ0n) is 17.0. The summed E-state index contributed by atoms with van der Waals surface area (Å²) in [6.07, 6.45) is -0.478. The molecule has 0 radical (unpaired) electrons. The van der Waals surface area contributed by atoms with Crippen LogP contribution in [0.1, 0.15) is 53.3 Å². The van der Waals surface area contributed by atoms with Crippen LogP contribution in [0.15, 0.2) is 0 Å². The third kappa shape index (κ3) is 4.97. The number of carboxylic acid groups (broad SMARTS) is 2. The molecular weight excluding hydrogens is 402 g/mol. The quantitative estimate of drug-likeness (QED) is 0.604. The lowest BCUT2D eigenvalue weighted by Gasteiger charge is -2.39. The van der Waals surface area contributed by atoms with Crippen LogP contribution in [0.25, 0.3) is 0 Å². The summed E-state index contributed by atoms with van der Waals surface area (Å²) in [4.78, 5) is 48.7. The third-order valence-corrected chi connectivity index (χ3v) is 6.56. The van der Waals surface area contributed by atoms with Crippen LogP contribution in [0.2, 0.25) is 0 Å². The zero-order chi connectivity index (χ0) is 22.1. The number of likely N-dealkylation sites (tertiary alicyclic amines) is 1. The van der Waals surface area contributed by atoms with Crippen LogP contribution in [0.3, 0.4) is 0 Å². The molecule has 11 heteroatoms. The van der Waals surface area contributed by atoms with Gasteiger partial charge in [0.2, 0.25) is 4.88 Å². The molecule has 29 heavy (non-hydrogen) atoms. The number of hydrogen-bond acceptors (Lipinski definition) is 6. The summed E-state index contributed by atoms with van der Waals surface area (Å²) in [5.41, 5.74) is -0.765. The van der Waals surface area contributed by atoms with Crippen LogP contribution in [0.5, 0.6) is 0 Å². The molecule has 1 aromatic heterocycles. The SMILES string of the molecule is CC[s+]1c(NC(=O)NC2CN(C(=O)OC(C)(C)C)C2)c(C(=O)O)c(C)c1C(=O)[O-]. The van der Waals surface area contributed by atoms with E-state index in [-0.39, 0.29) is 40.1 Å². The van der Waals surface area contributed by atoms with Crippen molar-refractivity contribution in [3.05, 3.63) is 16.0 Å². The second-order valence-corrected chi connectivity index (χ2v) is 9.79. The van der Waals surface area contributed by atoms with Gasteiger partial charge in [0.05, 0.1) is 6.04 Å². The van der Waals surface area contributed by atoms with Gasteiger partial charge in [0.15, 0.2) is 0 Å². The fourth-order valence-electron chi connectivity index (χ4n) is 2.99. The van der Waals surface area contributed by atoms with Crippen molar-refractivity contribution in [3.8, 4) is 0 Å². The summed E-state index contributed by atoms with van der Waals surface area (Å²) >= 11 is 0. The van der Waals surface area contributed by atoms with Crippen molar-refractivity contribution in [3.63, 3.8) is 0 Å². The Morgan fingerprint density at radius 3 is 2.31 bits per heavy atom. The van der Waals surface area contributed by atoms with E-state index in [2.05, 4.69) is 10.6 Å². The predicted octanol–water partition coefficient (Wildman–Crippen LogP) is 1.57. The van der Waals surface area contributed by atoms with Crippen molar-refractivity contribution in [2.75, 3.05) is 18.4 Å². The van der Waals surface area contributed by atoms with E-state index in [0.29, 0.717) is 5.75 Å². The molecule has 160 valence electrons. The van der Waals surface area contributed by atoms with Crippen molar-refractivity contribution >= 4 is 39.5 Å². The predicted molar refractivity (Wildman–Crippen MR) is 104 cm³/mol. The van der Waals surface area contributed by atoms with E-state index in [0.717, 1.165) is 0 Å². The van der Waals surface area contributed by atoms with Gasteiger partial charge in [-0.1, -0.05) is 0 Å². The fraction of sp³-hybridized carbons (Fsp3) is 0.556. The number of aromatic carboxylic acids is 2. The smallest absolute Gasteiger partial charge is 0.410 e. The maximum Gasteiger partial charge on any atom is 0.410 e. The first kappa shape index (κ1) is 22.5. The monoisotopic (exact) mass is 427 g/mol. The molecule has 1 aromatic rings. The van der Waals surface area contributed by atoms with Crippen molar-refractivity contribution in [2.24, 2.45) is 0 Å². The highest BCUT2D eigenvalue weighted by Crippen LogP contribution is 2.43. The summed E-state index contributed by atoms with van der Waals surface area (Å²) in [6, 6.07) is -0.984. The van der Waals surface area contributed by atoms with E-state index in [1.807, 2.05) is 0 Å². The summed E-state index contributed by atoms with van der Waals surface area (Å²) in [6.45, 7) is 8.87. The third-order valence-electron chi connectivity index (χ3n) is 4.22. The lowest BCUT2D eigenvalue weighted by atomic mass is 10.1. The second kappa shape index (κ2) is 8.27. The minimum Gasteiger partial charge on any atom is -0.540 e. The van der Waals surface area contributed by atoms with E-state index in [1.165, 1.54) is 11.8 Å². The van der Waals surface area contributed by atoms with Crippen LogP contribution in [0, 0.1) is 6.92 Å². The van der Waals surface area contributed by atoms with E-state index < -0.39 is 40.1 Å². The number of ether oxygens (including phenoxy) is 1. The topological polar surface area (TPSA) is 148 Å². The Morgan fingerprint density at radius 1 is 1.28 bits per heavy atom. The van der Waals surface area contributed by atoms with E-state index >= 15 is 0 Å². The Bertz CT molecular complexity index is 851. The molecule has 10 nitrogen and oxygen atoms in total. The Labute approximate surface area is 170 Å². The molecule has 0 aliphatic carbocycles. The molecule has 2 rings (SSSR count). The van der Waals surface area contributed by atoms with Gasteiger partial charge in [0.1, 0.15) is 22.9 Å². The van der Waals surface area contributed by atoms with E-state index in [9.17, 15) is 29.4 Å². The van der Waals surface area contributed by atoms with Crippen LogP contribution in [-0.2, 0) is 10.5 Å². The number of hydrogen-bond donors (Lipinski definition) is 3. The average Bonchev–Trinajstić information content (AvgIpc) is 2.80. The molecular formula is C18H25N3O7S. The molecule has 1 aliphatic rings. The highest BCUT2D eigenvalue weighted by molar-refractivity contribution is 7.36. The molecule has 0 aromatic carbocycles. The van der Waals surface area contributed by atoms with Gasteiger partial charge >= 0.3 is 18.1 Å². The number of rotatable bonds is 5. The van der Waals surface area contributed by atoms with Crippen LogP contribution in [0.4, 0.5) is 14.6 Å². The van der Waals surface area contributed by atoms with Gasteiger partial charge in [-0.3, -0.25) is 5.32 Å². The van der Waals surface area contributed by atoms with Crippen molar-refractivity contribution in [2.45, 2.75) is 52.0 Å². The van der Waals surface area contributed by atoms with Crippen molar-refractivity contribution < 1.29 is 34.1 Å².